The molecule has 4 aromatic rings. The molecule has 198 valence electrons. The van der Waals surface area contributed by atoms with Gasteiger partial charge in [0.25, 0.3) is 0 Å². The second kappa shape index (κ2) is 11.4. The molecule has 0 aliphatic rings. The molecule has 16 heteroatoms. The molecule has 3 aromatic heterocycles. The van der Waals surface area contributed by atoms with Crippen LogP contribution < -0.4 is 20.3 Å². The van der Waals surface area contributed by atoms with Crippen molar-refractivity contribution in [2.45, 2.75) is 18.1 Å². The van der Waals surface area contributed by atoms with Crippen molar-refractivity contribution < 1.29 is 18.0 Å². The van der Waals surface area contributed by atoms with Gasteiger partial charge in [-0.05, 0) is 43.5 Å². The largest absolute Gasteiger partial charge is 0.417 e. The number of rotatable bonds is 7. The van der Waals surface area contributed by atoms with E-state index in [1.54, 1.807) is 12.1 Å². The highest BCUT2D eigenvalue weighted by Gasteiger charge is 2.34. The van der Waals surface area contributed by atoms with Crippen molar-refractivity contribution in [3.8, 4) is 0 Å². The second-order valence-corrected chi connectivity index (χ2v) is 9.26. The highest BCUT2D eigenvalue weighted by molar-refractivity contribution is 7.98. The van der Waals surface area contributed by atoms with E-state index >= 15 is 0 Å². The number of anilines is 6. The molecule has 0 unspecified atom stereocenters. The van der Waals surface area contributed by atoms with Crippen LogP contribution in [0.15, 0.2) is 53.7 Å². The zero-order chi connectivity index (χ0) is 27.4. The molecule has 0 spiro atoms. The standard InChI is InChI=1S/C22H19ClF3N9OS2/c1-11-7-17(30-18-9-19(38-2)34-33-18)31-20(28-11)29-12-3-6-16(27-10-12)32-21(36)35(37)13-4-5-15(23)14(8-13)22(24,25)26/h3-10,37H,1-2H3,(H,27,32,36)(H3,28,29,30,31,33,34). The van der Waals surface area contributed by atoms with Gasteiger partial charge in [0.05, 0.1) is 28.2 Å². The molecular formula is C22H19ClF3N9OS2. The van der Waals surface area contributed by atoms with Crippen LogP contribution >= 0.6 is 36.2 Å². The molecule has 0 aliphatic carbocycles. The van der Waals surface area contributed by atoms with Gasteiger partial charge < -0.3 is 10.6 Å². The van der Waals surface area contributed by atoms with Crippen LogP contribution in [0.4, 0.5) is 52.7 Å². The number of amides is 2. The number of thioether (sulfide) groups is 1. The molecule has 10 nitrogen and oxygen atoms in total. The summed E-state index contributed by atoms with van der Waals surface area (Å²) in [5.74, 6) is 1.66. The van der Waals surface area contributed by atoms with E-state index in [1.165, 1.54) is 30.1 Å². The van der Waals surface area contributed by atoms with Crippen molar-refractivity contribution >= 4 is 77.0 Å². The Hall–Kier alpha value is -3.69. The number of urea groups is 1. The predicted octanol–water partition coefficient (Wildman–Crippen LogP) is 6.67. The number of alkyl halides is 3. The summed E-state index contributed by atoms with van der Waals surface area (Å²) in [7, 11) is 0. The fraction of sp³-hybridized carbons (Fsp3) is 0.136. The van der Waals surface area contributed by atoms with Gasteiger partial charge >= 0.3 is 12.2 Å². The molecular weight excluding hydrogens is 563 g/mol. The van der Waals surface area contributed by atoms with Gasteiger partial charge in [-0.3, -0.25) is 10.4 Å². The Kier molecular flexibility index (Phi) is 8.18. The average Bonchev–Trinajstić information content (AvgIpc) is 3.31. The first-order chi connectivity index (χ1) is 18.0. The van der Waals surface area contributed by atoms with Crippen LogP contribution in [-0.4, -0.2) is 37.4 Å². The molecule has 0 aliphatic heterocycles. The number of halogens is 4. The summed E-state index contributed by atoms with van der Waals surface area (Å²) < 4.78 is 40.1. The van der Waals surface area contributed by atoms with Crippen LogP contribution in [0.2, 0.25) is 5.02 Å². The van der Waals surface area contributed by atoms with Gasteiger partial charge in [-0.25, -0.2) is 19.1 Å². The molecule has 3 heterocycles. The van der Waals surface area contributed by atoms with Crippen molar-refractivity contribution in [3.05, 3.63) is 64.9 Å². The lowest BCUT2D eigenvalue weighted by Crippen LogP contribution is -2.27. The number of hydrogen-bond acceptors (Lipinski definition) is 9. The maximum Gasteiger partial charge on any atom is 0.417 e. The highest BCUT2D eigenvalue weighted by atomic mass is 35.5. The van der Waals surface area contributed by atoms with Gasteiger partial charge in [0, 0.05) is 17.8 Å². The monoisotopic (exact) mass is 581 g/mol. The Morgan fingerprint density at radius 2 is 1.89 bits per heavy atom. The SMILES string of the molecule is CSc1cc(Nc2cc(C)nc(Nc3ccc(NC(=O)N(S)c4ccc(Cl)c(C(F)(F)F)c4)nc3)n2)[nH]n1. The number of benzene rings is 1. The summed E-state index contributed by atoms with van der Waals surface area (Å²) in [5.41, 5.74) is 0.0296. The summed E-state index contributed by atoms with van der Waals surface area (Å²) >= 11 is 11.1. The Balaban J connectivity index is 1.41. The number of aryl methyl sites for hydroxylation is 1. The number of pyridine rings is 1. The first-order valence-corrected chi connectivity index (χ1v) is 12.6. The van der Waals surface area contributed by atoms with E-state index in [4.69, 9.17) is 11.6 Å². The summed E-state index contributed by atoms with van der Waals surface area (Å²) in [6.07, 6.45) is -1.33. The van der Waals surface area contributed by atoms with Gasteiger partial charge in [-0.2, -0.15) is 23.3 Å². The lowest BCUT2D eigenvalue weighted by molar-refractivity contribution is -0.137. The Labute approximate surface area is 229 Å². The fourth-order valence-corrected chi connectivity index (χ4v) is 3.88. The lowest BCUT2D eigenvalue weighted by atomic mass is 10.2. The van der Waals surface area contributed by atoms with Crippen molar-refractivity contribution in [2.75, 3.05) is 26.5 Å². The van der Waals surface area contributed by atoms with Crippen molar-refractivity contribution in [1.82, 2.24) is 25.1 Å². The summed E-state index contributed by atoms with van der Waals surface area (Å²) in [4.78, 5) is 25.4. The van der Waals surface area contributed by atoms with Gasteiger partial charge in [-0.1, -0.05) is 24.4 Å². The van der Waals surface area contributed by atoms with E-state index in [9.17, 15) is 18.0 Å². The van der Waals surface area contributed by atoms with Crippen LogP contribution in [0, 0.1) is 6.92 Å². The fourth-order valence-electron chi connectivity index (χ4n) is 3.11. The predicted molar refractivity (Wildman–Crippen MR) is 145 cm³/mol. The molecule has 1 aromatic carbocycles. The summed E-state index contributed by atoms with van der Waals surface area (Å²) in [5, 5.41) is 16.0. The number of nitrogens with one attached hydrogen (secondary N) is 4. The van der Waals surface area contributed by atoms with Crippen LogP contribution in [-0.2, 0) is 6.18 Å². The van der Waals surface area contributed by atoms with E-state index in [-0.39, 0.29) is 11.5 Å². The molecule has 0 bridgehead atoms. The normalized spacial score (nSPS) is 11.2. The van der Waals surface area contributed by atoms with Crippen LogP contribution in [0.1, 0.15) is 11.3 Å². The number of carbonyl (C=O) groups excluding carboxylic acids is 1. The third-order valence-electron chi connectivity index (χ3n) is 4.83. The number of thiol groups is 1. The van der Waals surface area contributed by atoms with E-state index in [0.29, 0.717) is 29.0 Å². The number of nitrogens with zero attached hydrogens (tertiary/aromatic N) is 5. The van der Waals surface area contributed by atoms with Crippen molar-refractivity contribution in [2.24, 2.45) is 0 Å². The zero-order valence-corrected chi connectivity index (χ0v) is 22.1. The molecule has 4 N–H and O–H groups in total. The third kappa shape index (κ3) is 6.79. The van der Waals surface area contributed by atoms with Gasteiger partial charge in [-0.15, -0.1) is 11.8 Å². The lowest BCUT2D eigenvalue weighted by Gasteiger charge is -2.18. The number of aromatic nitrogens is 5. The van der Waals surface area contributed by atoms with Gasteiger partial charge in [0.1, 0.15) is 22.5 Å². The highest BCUT2D eigenvalue weighted by Crippen LogP contribution is 2.37. The van der Waals surface area contributed by atoms with Crippen LogP contribution in [0.3, 0.4) is 0 Å². The molecule has 0 fully saturated rings. The maximum atomic E-state index is 13.1. The third-order valence-corrected chi connectivity index (χ3v) is 6.20. The number of aromatic amines is 1. The molecule has 2 amide bonds. The topological polar surface area (TPSA) is 124 Å². The van der Waals surface area contributed by atoms with Crippen molar-refractivity contribution in [1.29, 1.82) is 0 Å². The van der Waals surface area contributed by atoms with Gasteiger partial charge in [0.15, 0.2) is 0 Å². The summed E-state index contributed by atoms with van der Waals surface area (Å²) in [6, 6.07) is 8.92. The molecule has 4 rings (SSSR count). The quantitative estimate of drug-likeness (QED) is 0.121. The summed E-state index contributed by atoms with van der Waals surface area (Å²) in [6.45, 7) is 1.82. The van der Waals surface area contributed by atoms with E-state index in [2.05, 4.69) is 53.9 Å². The molecule has 0 radical (unpaired) electrons. The molecule has 0 saturated heterocycles. The molecule has 38 heavy (non-hydrogen) atoms. The van der Waals surface area contributed by atoms with E-state index in [0.717, 1.165) is 21.5 Å². The zero-order valence-electron chi connectivity index (χ0n) is 19.6. The average molecular weight is 582 g/mol. The Morgan fingerprint density at radius 1 is 1.11 bits per heavy atom. The Bertz CT molecular complexity index is 1450. The smallest absolute Gasteiger partial charge is 0.325 e. The Morgan fingerprint density at radius 3 is 2.55 bits per heavy atom. The molecule has 0 atom stereocenters. The second-order valence-electron chi connectivity index (χ2n) is 7.63. The minimum absolute atomic E-state index is 0.123. The minimum atomic E-state index is -4.68. The number of H-pyrrole nitrogens is 1. The van der Waals surface area contributed by atoms with Crippen molar-refractivity contribution in [3.63, 3.8) is 0 Å². The van der Waals surface area contributed by atoms with Gasteiger partial charge in [0.2, 0.25) is 5.95 Å². The maximum absolute atomic E-state index is 13.1. The van der Waals surface area contributed by atoms with Crippen LogP contribution in [0.25, 0.3) is 0 Å². The first kappa shape index (κ1) is 27.3. The van der Waals surface area contributed by atoms with E-state index < -0.39 is 22.8 Å². The number of hydrogen-bond donors (Lipinski definition) is 5. The number of carbonyl (C=O) groups is 1. The first-order valence-electron chi connectivity index (χ1n) is 10.6. The van der Waals surface area contributed by atoms with E-state index in [1.807, 2.05) is 19.2 Å². The molecule has 0 saturated carbocycles. The minimum Gasteiger partial charge on any atom is -0.325 e. The van der Waals surface area contributed by atoms with Crippen LogP contribution in [0.5, 0.6) is 0 Å².